The third-order valence-electron chi connectivity index (χ3n) is 4.23. The number of hydrogen-bond donors (Lipinski definition) is 2. The summed E-state index contributed by atoms with van der Waals surface area (Å²) >= 11 is 0. The number of benzene rings is 1. The van der Waals surface area contributed by atoms with Gasteiger partial charge in [0.05, 0.1) is 11.9 Å². The molecule has 0 saturated carbocycles. The maximum atomic E-state index is 12.6. The van der Waals surface area contributed by atoms with Crippen molar-refractivity contribution in [3.8, 4) is 0 Å². The SMILES string of the molecule is Cc1c(S(=O)(=O)N[C@@H]2CNC[C@H]2c2ccccc2)cnn1C. The highest BCUT2D eigenvalue weighted by molar-refractivity contribution is 7.89. The van der Waals surface area contributed by atoms with Gasteiger partial charge in [0, 0.05) is 32.1 Å². The zero-order chi connectivity index (χ0) is 15.7. The van der Waals surface area contributed by atoms with E-state index < -0.39 is 10.0 Å². The predicted molar refractivity (Wildman–Crippen MR) is 84.1 cm³/mol. The number of hydrogen-bond acceptors (Lipinski definition) is 4. The predicted octanol–water partition coefficient (Wildman–Crippen LogP) is 0.762. The molecule has 1 aliphatic heterocycles. The molecule has 0 unspecified atom stereocenters. The number of nitrogens with one attached hydrogen (secondary N) is 2. The van der Waals surface area contributed by atoms with Crippen LogP contribution in [-0.4, -0.2) is 37.3 Å². The van der Waals surface area contributed by atoms with Crippen LogP contribution in [0.15, 0.2) is 41.4 Å². The molecule has 7 heteroatoms. The lowest BCUT2D eigenvalue weighted by atomic mass is 9.95. The van der Waals surface area contributed by atoms with Gasteiger partial charge in [-0.05, 0) is 12.5 Å². The molecule has 1 saturated heterocycles. The van der Waals surface area contributed by atoms with Gasteiger partial charge in [0.2, 0.25) is 10.0 Å². The zero-order valence-electron chi connectivity index (χ0n) is 12.7. The number of sulfonamides is 1. The van der Waals surface area contributed by atoms with Gasteiger partial charge in [-0.2, -0.15) is 5.10 Å². The van der Waals surface area contributed by atoms with E-state index >= 15 is 0 Å². The Kier molecular flexibility index (Phi) is 4.03. The van der Waals surface area contributed by atoms with E-state index in [0.717, 1.165) is 12.1 Å². The van der Waals surface area contributed by atoms with Crippen molar-refractivity contribution in [1.29, 1.82) is 0 Å². The van der Waals surface area contributed by atoms with Crippen LogP contribution in [0.25, 0.3) is 0 Å². The van der Waals surface area contributed by atoms with Crippen molar-refractivity contribution in [2.24, 2.45) is 7.05 Å². The molecule has 0 radical (unpaired) electrons. The van der Waals surface area contributed by atoms with Gasteiger partial charge in [0.15, 0.2) is 0 Å². The Morgan fingerprint density at radius 2 is 2.00 bits per heavy atom. The molecule has 1 aromatic carbocycles. The monoisotopic (exact) mass is 320 g/mol. The highest BCUT2D eigenvalue weighted by Crippen LogP contribution is 2.24. The molecule has 0 spiro atoms. The first kappa shape index (κ1) is 15.2. The standard InChI is InChI=1S/C15H20N4O2S/c1-11-15(10-17-19(11)2)22(20,21)18-14-9-16-8-13(14)12-6-4-3-5-7-12/h3-7,10,13-14,16,18H,8-9H2,1-2H3/t13-,14+/m0/s1. The molecule has 1 fully saturated rings. The molecule has 1 aromatic heterocycles. The van der Waals surface area contributed by atoms with Crippen LogP contribution >= 0.6 is 0 Å². The Labute approximate surface area is 130 Å². The molecule has 6 nitrogen and oxygen atoms in total. The molecule has 22 heavy (non-hydrogen) atoms. The van der Waals surface area contributed by atoms with E-state index in [1.165, 1.54) is 6.20 Å². The minimum atomic E-state index is -3.57. The van der Waals surface area contributed by atoms with Crippen LogP contribution in [0.5, 0.6) is 0 Å². The third kappa shape index (κ3) is 2.79. The molecule has 3 rings (SSSR count). The van der Waals surface area contributed by atoms with Crippen molar-refractivity contribution >= 4 is 10.0 Å². The van der Waals surface area contributed by atoms with Crippen LogP contribution in [0.2, 0.25) is 0 Å². The lowest BCUT2D eigenvalue weighted by Gasteiger charge is -2.20. The molecule has 0 bridgehead atoms. The molecule has 2 N–H and O–H groups in total. The topological polar surface area (TPSA) is 76.0 Å². The summed E-state index contributed by atoms with van der Waals surface area (Å²) in [7, 11) is -1.83. The van der Waals surface area contributed by atoms with Crippen molar-refractivity contribution in [1.82, 2.24) is 19.8 Å². The molecule has 1 aliphatic rings. The third-order valence-corrected chi connectivity index (χ3v) is 5.82. The first-order chi connectivity index (χ1) is 10.5. The van der Waals surface area contributed by atoms with E-state index in [2.05, 4.69) is 15.1 Å². The summed E-state index contributed by atoms with van der Waals surface area (Å²) in [6, 6.07) is 9.83. The normalized spacial score (nSPS) is 22.1. The quantitative estimate of drug-likeness (QED) is 0.872. The summed E-state index contributed by atoms with van der Waals surface area (Å²) in [6.07, 6.45) is 1.40. The summed E-state index contributed by atoms with van der Waals surface area (Å²) < 4.78 is 29.6. The van der Waals surface area contributed by atoms with Crippen LogP contribution in [0.1, 0.15) is 17.2 Å². The Bertz CT molecular complexity index is 755. The van der Waals surface area contributed by atoms with Crippen molar-refractivity contribution in [3.05, 3.63) is 47.8 Å². The Morgan fingerprint density at radius 3 is 2.64 bits per heavy atom. The summed E-state index contributed by atoms with van der Waals surface area (Å²) in [5.74, 6) is 0.132. The maximum absolute atomic E-state index is 12.6. The summed E-state index contributed by atoms with van der Waals surface area (Å²) in [6.45, 7) is 3.14. The fourth-order valence-corrected chi connectivity index (χ4v) is 4.34. The summed E-state index contributed by atoms with van der Waals surface area (Å²) in [5, 5.41) is 7.28. The first-order valence-corrected chi connectivity index (χ1v) is 8.74. The second-order valence-corrected chi connectivity index (χ2v) is 7.30. The van der Waals surface area contributed by atoms with Crippen molar-refractivity contribution in [2.75, 3.05) is 13.1 Å². The lowest BCUT2D eigenvalue weighted by Crippen LogP contribution is -2.39. The second kappa shape index (κ2) is 5.83. The number of aromatic nitrogens is 2. The fraction of sp³-hybridized carbons (Fsp3) is 0.400. The molecule has 118 valence electrons. The van der Waals surface area contributed by atoms with Crippen molar-refractivity contribution < 1.29 is 8.42 Å². The number of rotatable bonds is 4. The second-order valence-electron chi connectivity index (χ2n) is 5.62. The summed E-state index contributed by atoms with van der Waals surface area (Å²) in [5.41, 5.74) is 1.78. The van der Waals surface area contributed by atoms with Gasteiger partial charge >= 0.3 is 0 Å². The van der Waals surface area contributed by atoms with Gasteiger partial charge in [-0.1, -0.05) is 30.3 Å². The fourth-order valence-electron chi connectivity index (χ4n) is 2.86. The average Bonchev–Trinajstić information content (AvgIpc) is 3.07. The van der Waals surface area contributed by atoms with E-state index in [4.69, 9.17) is 0 Å². The smallest absolute Gasteiger partial charge is 0.244 e. The van der Waals surface area contributed by atoms with Crippen LogP contribution < -0.4 is 10.0 Å². The highest BCUT2D eigenvalue weighted by atomic mass is 32.2. The average molecular weight is 320 g/mol. The van der Waals surface area contributed by atoms with Gasteiger partial charge < -0.3 is 5.32 Å². The van der Waals surface area contributed by atoms with Crippen LogP contribution in [0, 0.1) is 6.92 Å². The Morgan fingerprint density at radius 1 is 1.27 bits per heavy atom. The van der Waals surface area contributed by atoms with Crippen molar-refractivity contribution in [3.63, 3.8) is 0 Å². The van der Waals surface area contributed by atoms with E-state index in [1.54, 1.807) is 18.7 Å². The van der Waals surface area contributed by atoms with E-state index in [1.807, 2.05) is 30.3 Å². The number of aryl methyl sites for hydroxylation is 1. The minimum Gasteiger partial charge on any atom is -0.314 e. The minimum absolute atomic E-state index is 0.132. The molecule has 0 aliphatic carbocycles. The Hall–Kier alpha value is -1.70. The van der Waals surface area contributed by atoms with Gasteiger partial charge in [-0.25, -0.2) is 13.1 Å². The van der Waals surface area contributed by atoms with Crippen molar-refractivity contribution in [2.45, 2.75) is 23.8 Å². The largest absolute Gasteiger partial charge is 0.314 e. The zero-order valence-corrected chi connectivity index (χ0v) is 13.5. The summed E-state index contributed by atoms with van der Waals surface area (Å²) in [4.78, 5) is 0.244. The molecule has 2 aromatic rings. The molecular formula is C15H20N4O2S. The molecule has 2 heterocycles. The van der Waals surface area contributed by atoms with E-state index in [9.17, 15) is 8.42 Å². The highest BCUT2D eigenvalue weighted by Gasteiger charge is 2.33. The van der Waals surface area contributed by atoms with Crippen LogP contribution in [-0.2, 0) is 17.1 Å². The van der Waals surface area contributed by atoms with Crippen LogP contribution in [0.4, 0.5) is 0 Å². The van der Waals surface area contributed by atoms with Gasteiger partial charge in [0.1, 0.15) is 4.90 Å². The first-order valence-electron chi connectivity index (χ1n) is 7.25. The maximum Gasteiger partial charge on any atom is 0.244 e. The van der Waals surface area contributed by atoms with Crippen LogP contribution in [0.3, 0.4) is 0 Å². The van der Waals surface area contributed by atoms with E-state index in [0.29, 0.717) is 12.2 Å². The van der Waals surface area contributed by atoms with Gasteiger partial charge in [-0.3, -0.25) is 4.68 Å². The molecule has 0 amide bonds. The van der Waals surface area contributed by atoms with Gasteiger partial charge in [0.25, 0.3) is 0 Å². The Balaban J connectivity index is 1.84. The van der Waals surface area contributed by atoms with E-state index in [-0.39, 0.29) is 16.9 Å². The van der Waals surface area contributed by atoms with Gasteiger partial charge in [-0.15, -0.1) is 0 Å². The molecular weight excluding hydrogens is 300 g/mol. The number of nitrogens with zero attached hydrogens (tertiary/aromatic N) is 2. The lowest BCUT2D eigenvalue weighted by molar-refractivity contribution is 0.541. The molecule has 2 atom stereocenters.